The van der Waals surface area contributed by atoms with Crippen LogP contribution in [0.15, 0.2) is 210 Å². The first-order valence-electron chi connectivity index (χ1n) is 18.9. The topological polar surface area (TPSA) is 16.4 Å². The van der Waals surface area contributed by atoms with E-state index in [1.807, 2.05) is 11.8 Å². The highest BCUT2D eigenvalue weighted by Gasteiger charge is 2.32. The zero-order valence-corrected chi connectivity index (χ0v) is 30.8. The molecule has 1 aliphatic heterocycles. The lowest BCUT2D eigenvalue weighted by Gasteiger charge is -2.28. The molecule has 0 radical (unpaired) electrons. The molecular formula is C52H35NOS. The Morgan fingerprint density at radius 2 is 1.11 bits per heavy atom. The van der Waals surface area contributed by atoms with Crippen LogP contribution in [0.3, 0.4) is 0 Å². The highest BCUT2D eigenvalue weighted by Crippen LogP contribution is 2.52. The van der Waals surface area contributed by atoms with Gasteiger partial charge in [0.15, 0.2) is 0 Å². The van der Waals surface area contributed by atoms with E-state index < -0.39 is 0 Å². The molecule has 2 unspecified atom stereocenters. The third-order valence-corrected chi connectivity index (χ3v) is 12.6. The number of nitrogens with zero attached hydrogens (tertiary/aromatic N) is 1. The molecule has 3 heteroatoms. The Labute approximate surface area is 324 Å². The number of anilines is 3. The van der Waals surface area contributed by atoms with Gasteiger partial charge >= 0.3 is 0 Å². The summed E-state index contributed by atoms with van der Waals surface area (Å²) in [7, 11) is 0. The van der Waals surface area contributed by atoms with Gasteiger partial charge in [-0.3, -0.25) is 0 Å². The van der Waals surface area contributed by atoms with Gasteiger partial charge in [0.2, 0.25) is 0 Å². The Bertz CT molecular complexity index is 2960. The van der Waals surface area contributed by atoms with Crippen LogP contribution in [0.5, 0.6) is 0 Å². The van der Waals surface area contributed by atoms with Crippen LogP contribution >= 0.6 is 11.8 Å². The molecule has 0 spiro atoms. The van der Waals surface area contributed by atoms with E-state index in [1.165, 1.54) is 43.5 Å². The van der Waals surface area contributed by atoms with Gasteiger partial charge in [-0.1, -0.05) is 158 Å². The van der Waals surface area contributed by atoms with Gasteiger partial charge in [-0.05, 0) is 81.1 Å². The number of fused-ring (bicyclic) bond motifs is 7. The fraction of sp³-hybridized carbons (Fsp3) is 0.0385. The first kappa shape index (κ1) is 31.9. The molecule has 0 fully saturated rings. The molecule has 0 N–H and O–H groups in total. The van der Waals surface area contributed by atoms with E-state index in [-0.39, 0.29) is 0 Å². The highest BCUT2D eigenvalue weighted by atomic mass is 32.2. The summed E-state index contributed by atoms with van der Waals surface area (Å²) in [4.78, 5) is 3.78. The number of rotatable bonds is 6. The van der Waals surface area contributed by atoms with Gasteiger partial charge < -0.3 is 9.32 Å². The molecule has 55 heavy (non-hydrogen) atoms. The minimum Gasteiger partial charge on any atom is -0.455 e. The summed E-state index contributed by atoms with van der Waals surface area (Å²) < 4.78 is 6.76. The van der Waals surface area contributed by atoms with Crippen molar-refractivity contribution in [3.05, 3.63) is 206 Å². The van der Waals surface area contributed by atoms with Crippen LogP contribution in [0.1, 0.15) is 11.5 Å². The van der Waals surface area contributed by atoms with Crippen molar-refractivity contribution >= 4 is 61.5 Å². The summed E-state index contributed by atoms with van der Waals surface area (Å²) in [5, 5.41) is 5.10. The maximum absolute atomic E-state index is 6.76. The number of furan rings is 1. The van der Waals surface area contributed by atoms with Crippen LogP contribution < -0.4 is 4.90 Å². The van der Waals surface area contributed by atoms with Gasteiger partial charge in [0.05, 0.1) is 5.69 Å². The van der Waals surface area contributed by atoms with Crippen LogP contribution in [0.4, 0.5) is 17.1 Å². The molecule has 8 aromatic carbocycles. The van der Waals surface area contributed by atoms with Gasteiger partial charge in [0.25, 0.3) is 0 Å². The van der Waals surface area contributed by atoms with Crippen molar-refractivity contribution in [2.75, 3.05) is 4.90 Å². The Hall–Kier alpha value is -6.55. The summed E-state index contributed by atoms with van der Waals surface area (Å²) in [5.41, 5.74) is 13.6. The van der Waals surface area contributed by atoms with Crippen LogP contribution in [0.25, 0.3) is 66.1 Å². The average Bonchev–Trinajstić information content (AvgIpc) is 3.82. The third kappa shape index (κ3) is 5.42. The Balaban J connectivity index is 1.06. The van der Waals surface area contributed by atoms with E-state index >= 15 is 0 Å². The predicted molar refractivity (Wildman–Crippen MR) is 233 cm³/mol. The number of allylic oxidation sites excluding steroid dienone is 3. The summed E-state index contributed by atoms with van der Waals surface area (Å²) in [6, 6.07) is 63.6. The first-order chi connectivity index (χ1) is 27.3. The second-order valence-corrected chi connectivity index (χ2v) is 15.6. The quantitative estimate of drug-likeness (QED) is 0.170. The smallest absolute Gasteiger partial charge is 0.143 e. The summed E-state index contributed by atoms with van der Waals surface area (Å²) in [6.07, 6.45) is 9.06. The van der Waals surface area contributed by atoms with Crippen molar-refractivity contribution in [3.8, 4) is 33.4 Å². The molecule has 0 saturated heterocycles. The SMILES string of the molecule is C1=CC2Sc3c(-c4ccc(N(c5ccc(-c6ccccc6)cc5)c5ccccc5-c5cccc6c5oc5cc7ccccc7cc56)cc4)cccc3C2C=C1. The zero-order chi connectivity index (χ0) is 36.3. The minimum absolute atomic E-state index is 0.435. The minimum atomic E-state index is 0.435. The molecule has 1 aliphatic carbocycles. The fourth-order valence-electron chi connectivity index (χ4n) is 8.53. The molecule has 0 bridgehead atoms. The van der Waals surface area contributed by atoms with Gasteiger partial charge in [0, 0.05) is 49.3 Å². The van der Waals surface area contributed by atoms with Crippen LogP contribution in [-0.2, 0) is 0 Å². The standard InChI is InChI=1S/C52H35NOS/c1-2-12-34(13-3-1)35-24-28-39(29-25-35)53(40-30-26-36(27-31-40)41-18-10-21-46-43-17-7-9-23-50(43)55-52(41)46)48-22-8-6-16-42(48)44-19-11-20-45-47-32-37-14-4-5-15-38(37)33-49(47)54-51(44)45/h1-33,43,50H. The van der Waals surface area contributed by atoms with Crippen molar-refractivity contribution in [2.45, 2.75) is 16.1 Å². The highest BCUT2D eigenvalue weighted by molar-refractivity contribution is 8.00. The number of thioether (sulfide) groups is 1. The van der Waals surface area contributed by atoms with Crippen LogP contribution in [0, 0.1) is 0 Å². The predicted octanol–water partition coefficient (Wildman–Crippen LogP) is 14.9. The Morgan fingerprint density at radius 3 is 1.93 bits per heavy atom. The lowest BCUT2D eigenvalue weighted by molar-refractivity contribution is 0.670. The maximum Gasteiger partial charge on any atom is 0.143 e. The van der Waals surface area contributed by atoms with E-state index in [4.69, 9.17) is 4.42 Å². The maximum atomic E-state index is 6.76. The van der Waals surface area contributed by atoms with Crippen molar-refractivity contribution in [1.29, 1.82) is 0 Å². The largest absolute Gasteiger partial charge is 0.455 e. The third-order valence-electron chi connectivity index (χ3n) is 11.2. The molecule has 2 nitrogen and oxygen atoms in total. The number of hydrogen-bond acceptors (Lipinski definition) is 3. The van der Waals surface area contributed by atoms with Crippen molar-refractivity contribution in [3.63, 3.8) is 0 Å². The second-order valence-electron chi connectivity index (χ2n) is 14.4. The molecule has 2 atom stereocenters. The van der Waals surface area contributed by atoms with Gasteiger partial charge in [-0.2, -0.15) is 0 Å². The van der Waals surface area contributed by atoms with Crippen LogP contribution in [-0.4, -0.2) is 5.25 Å². The molecular weight excluding hydrogens is 687 g/mol. The zero-order valence-electron chi connectivity index (χ0n) is 30.0. The molecule has 2 aliphatic rings. The van der Waals surface area contributed by atoms with Crippen molar-refractivity contribution < 1.29 is 4.42 Å². The lowest BCUT2D eigenvalue weighted by atomic mass is 9.90. The molecule has 2 heterocycles. The molecule has 1 aromatic heterocycles. The molecule has 11 rings (SSSR count). The normalized spacial score (nSPS) is 15.8. The van der Waals surface area contributed by atoms with E-state index in [0.29, 0.717) is 11.2 Å². The van der Waals surface area contributed by atoms with Crippen LogP contribution in [0.2, 0.25) is 0 Å². The first-order valence-corrected chi connectivity index (χ1v) is 19.8. The summed E-state index contributed by atoms with van der Waals surface area (Å²) in [6.45, 7) is 0. The summed E-state index contributed by atoms with van der Waals surface area (Å²) in [5.74, 6) is 0.435. The van der Waals surface area contributed by atoms with Crippen molar-refractivity contribution in [1.82, 2.24) is 0 Å². The van der Waals surface area contributed by atoms with E-state index in [9.17, 15) is 0 Å². The lowest BCUT2D eigenvalue weighted by Crippen LogP contribution is -2.11. The van der Waals surface area contributed by atoms with Gasteiger partial charge in [-0.15, -0.1) is 11.8 Å². The second kappa shape index (κ2) is 13.1. The van der Waals surface area contributed by atoms with Gasteiger partial charge in [0.1, 0.15) is 11.2 Å². The number of para-hydroxylation sites is 2. The number of hydrogen-bond donors (Lipinski definition) is 0. The molecule has 260 valence electrons. The monoisotopic (exact) mass is 721 g/mol. The van der Waals surface area contributed by atoms with Gasteiger partial charge in [-0.25, -0.2) is 0 Å². The average molecular weight is 722 g/mol. The molecule has 0 amide bonds. The van der Waals surface area contributed by atoms with E-state index in [0.717, 1.165) is 50.1 Å². The fourth-order valence-corrected chi connectivity index (χ4v) is 10.0. The molecule has 9 aromatic rings. The Morgan fingerprint density at radius 1 is 0.473 bits per heavy atom. The van der Waals surface area contributed by atoms with E-state index in [2.05, 4.69) is 205 Å². The molecule has 0 saturated carbocycles. The summed E-state index contributed by atoms with van der Waals surface area (Å²) >= 11 is 1.99. The number of benzene rings is 8. The van der Waals surface area contributed by atoms with Crippen molar-refractivity contribution in [2.24, 2.45) is 0 Å². The Kier molecular flexibility index (Phi) is 7.60. The van der Waals surface area contributed by atoms with E-state index in [1.54, 1.807) is 0 Å².